The third-order valence-corrected chi connectivity index (χ3v) is 6.86. The van der Waals surface area contributed by atoms with Gasteiger partial charge in [-0.1, -0.05) is 36.4 Å². The number of carbonyl (C=O) groups is 1. The first kappa shape index (κ1) is 24.0. The van der Waals surface area contributed by atoms with Crippen LogP contribution in [0.5, 0.6) is 5.75 Å². The maximum Gasteiger partial charge on any atom is 0.276 e. The van der Waals surface area contributed by atoms with Gasteiger partial charge >= 0.3 is 0 Å². The summed E-state index contributed by atoms with van der Waals surface area (Å²) < 4.78 is 37.1. The highest BCUT2D eigenvalue weighted by molar-refractivity contribution is 7.89. The van der Waals surface area contributed by atoms with Gasteiger partial charge in [0.05, 0.1) is 12.0 Å². The van der Waals surface area contributed by atoms with Crippen molar-refractivity contribution in [3.05, 3.63) is 94.5 Å². The number of ether oxygens (including phenoxy) is 1. The Labute approximate surface area is 203 Å². The van der Waals surface area contributed by atoms with Gasteiger partial charge in [-0.3, -0.25) is 4.79 Å². The average molecular weight is 492 g/mol. The smallest absolute Gasteiger partial charge is 0.276 e. The highest BCUT2D eigenvalue weighted by Gasteiger charge is 2.18. The van der Waals surface area contributed by atoms with Gasteiger partial charge in [-0.15, -0.1) is 5.10 Å². The van der Waals surface area contributed by atoms with Crippen LogP contribution in [-0.2, 0) is 10.0 Å². The number of nitrogens with zero attached hydrogens (tertiary/aromatic N) is 1. The molecule has 1 aromatic heterocycles. The van der Waals surface area contributed by atoms with Gasteiger partial charge in [-0.05, 0) is 67.8 Å². The molecule has 0 saturated heterocycles. The molecule has 0 aliphatic rings. The maximum absolute atomic E-state index is 13.2. The zero-order valence-corrected chi connectivity index (χ0v) is 20.6. The lowest BCUT2D eigenvalue weighted by atomic mass is 10.1. The summed E-state index contributed by atoms with van der Waals surface area (Å²) in [6, 6.07) is 18.9. The van der Waals surface area contributed by atoms with E-state index < -0.39 is 15.9 Å². The normalized spacial score (nSPS) is 11.9. The highest BCUT2D eigenvalue weighted by atomic mass is 32.2. The van der Waals surface area contributed by atoms with Gasteiger partial charge in [0.2, 0.25) is 5.55 Å². The second-order valence-electron chi connectivity index (χ2n) is 8.07. The first-order chi connectivity index (χ1) is 16.7. The fourth-order valence-electron chi connectivity index (χ4n) is 3.47. The summed E-state index contributed by atoms with van der Waals surface area (Å²) in [5, 5.41) is 7.42. The second-order valence-corrected chi connectivity index (χ2v) is 9.73. The second kappa shape index (κ2) is 9.63. The Morgan fingerprint density at radius 2 is 1.69 bits per heavy atom. The molecule has 0 unspecified atom stereocenters. The molecule has 0 aliphatic heterocycles. The number of aryl methyl sites for hydroxylation is 3. The van der Waals surface area contributed by atoms with Crippen molar-refractivity contribution in [1.82, 2.24) is 4.83 Å². The molecule has 3 aromatic carbocycles. The summed E-state index contributed by atoms with van der Waals surface area (Å²) in [4.78, 5) is 15.5. The van der Waals surface area contributed by atoms with Crippen LogP contribution >= 0.6 is 0 Å². The van der Waals surface area contributed by atoms with E-state index in [0.717, 1.165) is 16.7 Å². The number of anilines is 1. The van der Waals surface area contributed by atoms with Crippen molar-refractivity contribution in [2.24, 2.45) is 5.10 Å². The molecule has 0 bridgehead atoms. The number of sulfonamides is 1. The number of carbonyl (C=O) groups excluding carboxylic acids is 1. The van der Waals surface area contributed by atoms with Crippen LogP contribution in [0.1, 0.15) is 27.0 Å². The standard InChI is InChI=1S/C26H25N3O5S/c1-16-12-13-20(14-18(16)3)35(31,32)29-28-26-21(25(30)27-22-10-6-5-8-17(22)2)15-19-9-7-11-23(33-4)24(19)34-26/h5-15,29H,1-4H3,(H,27,30). The van der Waals surface area contributed by atoms with E-state index in [-0.39, 0.29) is 16.0 Å². The monoisotopic (exact) mass is 491 g/mol. The molecule has 0 radical (unpaired) electrons. The number of hydrogen-bond donors (Lipinski definition) is 2. The minimum Gasteiger partial charge on any atom is -0.493 e. The van der Waals surface area contributed by atoms with Gasteiger partial charge in [0.15, 0.2) is 11.3 Å². The lowest BCUT2D eigenvalue weighted by Gasteiger charge is -2.10. The average Bonchev–Trinajstić information content (AvgIpc) is 2.84. The Bertz CT molecular complexity index is 1610. The number of hydrogen-bond acceptors (Lipinski definition) is 6. The molecule has 1 amide bonds. The van der Waals surface area contributed by atoms with Crippen LogP contribution < -0.4 is 20.4 Å². The minimum atomic E-state index is -4.01. The zero-order valence-electron chi connectivity index (χ0n) is 19.7. The summed E-state index contributed by atoms with van der Waals surface area (Å²) in [6.45, 7) is 5.59. The predicted molar refractivity (Wildman–Crippen MR) is 134 cm³/mol. The van der Waals surface area contributed by atoms with Crippen molar-refractivity contribution in [1.29, 1.82) is 0 Å². The first-order valence-corrected chi connectivity index (χ1v) is 12.3. The Morgan fingerprint density at radius 3 is 2.40 bits per heavy atom. The number of amides is 1. The van der Waals surface area contributed by atoms with Crippen molar-refractivity contribution in [3.63, 3.8) is 0 Å². The molecule has 0 spiro atoms. The van der Waals surface area contributed by atoms with Gasteiger partial charge in [-0.2, -0.15) is 13.2 Å². The molecule has 0 saturated carbocycles. The quantitative estimate of drug-likeness (QED) is 0.388. The van der Waals surface area contributed by atoms with E-state index in [1.807, 2.05) is 32.9 Å². The molecule has 2 N–H and O–H groups in total. The van der Waals surface area contributed by atoms with E-state index in [0.29, 0.717) is 22.4 Å². The van der Waals surface area contributed by atoms with Crippen molar-refractivity contribution >= 4 is 32.6 Å². The molecule has 0 atom stereocenters. The Kier molecular flexibility index (Phi) is 6.61. The molecule has 180 valence electrons. The van der Waals surface area contributed by atoms with Gasteiger partial charge in [0.1, 0.15) is 5.56 Å². The summed E-state index contributed by atoms with van der Waals surface area (Å²) in [5.41, 5.74) is 3.45. The lowest BCUT2D eigenvalue weighted by molar-refractivity contribution is 0.102. The number of methoxy groups -OCH3 is 1. The fraction of sp³-hybridized carbons (Fsp3) is 0.154. The van der Waals surface area contributed by atoms with Gasteiger partial charge in [-0.25, -0.2) is 0 Å². The molecule has 1 heterocycles. The van der Waals surface area contributed by atoms with E-state index in [9.17, 15) is 13.2 Å². The Balaban J connectivity index is 1.82. The third-order valence-electron chi connectivity index (χ3n) is 5.65. The molecular weight excluding hydrogens is 466 g/mol. The highest BCUT2D eigenvalue weighted by Crippen LogP contribution is 2.25. The number of fused-ring (bicyclic) bond motifs is 1. The fourth-order valence-corrected chi connectivity index (χ4v) is 4.36. The van der Waals surface area contributed by atoms with E-state index in [1.54, 1.807) is 48.5 Å². The molecule has 4 aromatic rings. The van der Waals surface area contributed by atoms with Crippen LogP contribution in [0.2, 0.25) is 0 Å². The molecule has 4 rings (SSSR count). The molecular formula is C26H25N3O5S. The summed E-state index contributed by atoms with van der Waals surface area (Å²) in [5.74, 6) is -0.0845. The number of nitrogens with one attached hydrogen (secondary N) is 2. The van der Waals surface area contributed by atoms with Crippen molar-refractivity contribution in [3.8, 4) is 5.75 Å². The zero-order chi connectivity index (χ0) is 25.2. The molecule has 35 heavy (non-hydrogen) atoms. The molecule has 0 aliphatic carbocycles. The summed E-state index contributed by atoms with van der Waals surface area (Å²) in [7, 11) is -2.53. The largest absolute Gasteiger partial charge is 0.493 e. The maximum atomic E-state index is 13.2. The Hall–Kier alpha value is -4.11. The van der Waals surface area contributed by atoms with E-state index >= 15 is 0 Å². The van der Waals surface area contributed by atoms with Gasteiger partial charge in [0.25, 0.3) is 15.9 Å². The lowest BCUT2D eigenvalue weighted by Crippen LogP contribution is -2.27. The minimum absolute atomic E-state index is 0.0497. The van der Waals surface area contributed by atoms with Crippen molar-refractivity contribution in [2.45, 2.75) is 25.7 Å². The first-order valence-electron chi connectivity index (χ1n) is 10.8. The van der Waals surface area contributed by atoms with Crippen molar-refractivity contribution < 1.29 is 22.4 Å². The van der Waals surface area contributed by atoms with E-state index in [4.69, 9.17) is 9.15 Å². The Morgan fingerprint density at radius 1 is 0.914 bits per heavy atom. The van der Waals surface area contributed by atoms with Crippen LogP contribution in [0, 0.1) is 20.8 Å². The van der Waals surface area contributed by atoms with E-state index in [2.05, 4.69) is 15.2 Å². The van der Waals surface area contributed by atoms with Crippen molar-refractivity contribution in [2.75, 3.05) is 12.4 Å². The van der Waals surface area contributed by atoms with E-state index in [1.165, 1.54) is 13.2 Å². The number of para-hydroxylation sites is 2. The van der Waals surface area contributed by atoms with Crippen LogP contribution in [0.15, 0.2) is 81.1 Å². The van der Waals surface area contributed by atoms with Crippen LogP contribution in [0.3, 0.4) is 0 Å². The topological polar surface area (TPSA) is 110 Å². The SMILES string of the molecule is COc1cccc2cc(C(=O)Nc3ccccc3C)c(=NNS(=O)(=O)c3ccc(C)c(C)c3)oc12. The predicted octanol–water partition coefficient (Wildman–Crippen LogP) is 4.41. The van der Waals surface area contributed by atoms with Crippen LogP contribution in [-0.4, -0.2) is 21.4 Å². The molecule has 9 heteroatoms. The molecule has 8 nitrogen and oxygen atoms in total. The van der Waals surface area contributed by atoms with Crippen LogP contribution in [0.25, 0.3) is 11.0 Å². The van der Waals surface area contributed by atoms with Gasteiger partial charge in [0, 0.05) is 11.1 Å². The summed E-state index contributed by atoms with van der Waals surface area (Å²) >= 11 is 0. The number of benzene rings is 3. The van der Waals surface area contributed by atoms with Gasteiger partial charge < -0.3 is 14.5 Å². The molecule has 0 fully saturated rings. The van der Waals surface area contributed by atoms with Crippen LogP contribution in [0.4, 0.5) is 5.69 Å². The summed E-state index contributed by atoms with van der Waals surface area (Å²) in [6.07, 6.45) is 0. The third kappa shape index (κ3) is 5.04. The number of rotatable bonds is 6.